The molecule has 5 aliphatic carbocycles. The quantitative estimate of drug-likeness (QED) is 0.291. The molecule has 184 valence electrons. The summed E-state index contributed by atoms with van der Waals surface area (Å²) >= 11 is 0. The van der Waals surface area contributed by atoms with E-state index >= 15 is 0 Å². The van der Waals surface area contributed by atoms with Crippen LogP contribution in [0.5, 0.6) is 0 Å². The maximum absolute atomic E-state index is 12.3. The van der Waals surface area contributed by atoms with E-state index in [1.54, 1.807) is 0 Å². The first kappa shape index (κ1) is 23.5. The Bertz CT molecular complexity index is 808. The lowest BCUT2D eigenvalue weighted by Gasteiger charge is -2.62. The molecule has 1 amide bonds. The van der Waals surface area contributed by atoms with Crippen LogP contribution in [-0.2, 0) is 4.79 Å². The van der Waals surface area contributed by atoms with Gasteiger partial charge in [-0.15, -0.1) is 0 Å². The number of fused-ring (bicyclic) bond motifs is 5. The largest absolute Gasteiger partial charge is 0.393 e. The lowest BCUT2D eigenvalue weighted by atomic mass is 9.43. The fourth-order valence-electron chi connectivity index (χ4n) is 9.43. The second-order valence-corrected chi connectivity index (χ2v) is 12.9. The van der Waals surface area contributed by atoms with Crippen molar-refractivity contribution < 1.29 is 9.90 Å². The Morgan fingerprint density at radius 1 is 1.12 bits per heavy atom. The molecule has 10 atom stereocenters. The lowest BCUT2D eigenvalue weighted by Crippen LogP contribution is -2.58. The van der Waals surface area contributed by atoms with Gasteiger partial charge < -0.3 is 10.4 Å². The van der Waals surface area contributed by atoms with Crippen LogP contribution in [0.1, 0.15) is 97.8 Å². The third-order valence-electron chi connectivity index (χ3n) is 11.5. The van der Waals surface area contributed by atoms with Crippen molar-refractivity contribution in [2.24, 2.45) is 51.5 Å². The average Bonchev–Trinajstić information content (AvgIpc) is 3.52. The molecule has 33 heavy (non-hydrogen) atoms. The molecule has 0 aliphatic heterocycles. The minimum atomic E-state index is -0.246. The first-order valence-electron chi connectivity index (χ1n) is 13.8. The number of carbonyl (C=O) groups is 1. The molecule has 0 aromatic rings. The van der Waals surface area contributed by atoms with Gasteiger partial charge in [0.25, 0.3) is 0 Å². The van der Waals surface area contributed by atoms with Crippen molar-refractivity contribution in [3.8, 4) is 0 Å². The number of hydrogen-bond acceptors (Lipinski definition) is 3. The van der Waals surface area contributed by atoms with E-state index in [0.29, 0.717) is 48.0 Å². The van der Waals surface area contributed by atoms with Gasteiger partial charge in [-0.05, 0) is 122 Å². The number of carbonyl (C=O) groups excluding carboxylic acids is 1. The van der Waals surface area contributed by atoms with Gasteiger partial charge in [-0.25, -0.2) is 0 Å². The van der Waals surface area contributed by atoms with Crippen LogP contribution in [-0.4, -0.2) is 29.2 Å². The molecule has 2 N–H and O–H groups in total. The average molecular weight is 457 g/mol. The zero-order valence-electron chi connectivity index (χ0n) is 20.9. The molecule has 6 nitrogen and oxygen atoms in total. The number of aliphatic hydroxyl groups is 1. The van der Waals surface area contributed by atoms with Gasteiger partial charge in [0.1, 0.15) is 0 Å². The fourth-order valence-corrected chi connectivity index (χ4v) is 9.43. The van der Waals surface area contributed by atoms with Crippen LogP contribution in [0.2, 0.25) is 0 Å². The zero-order chi connectivity index (χ0) is 23.4. The Morgan fingerprint density at radius 3 is 2.64 bits per heavy atom. The third kappa shape index (κ3) is 3.99. The predicted molar refractivity (Wildman–Crippen MR) is 129 cm³/mol. The van der Waals surface area contributed by atoms with Crippen molar-refractivity contribution >= 4 is 5.91 Å². The molecule has 0 saturated heterocycles. The molecule has 5 fully saturated rings. The second kappa shape index (κ2) is 8.75. The third-order valence-corrected chi connectivity index (χ3v) is 11.5. The monoisotopic (exact) mass is 456 g/mol. The first-order valence-corrected chi connectivity index (χ1v) is 13.8. The summed E-state index contributed by atoms with van der Waals surface area (Å²) in [7, 11) is 0. The Labute approximate surface area is 199 Å². The van der Waals surface area contributed by atoms with Crippen molar-refractivity contribution in [1.82, 2.24) is 5.32 Å². The van der Waals surface area contributed by atoms with Gasteiger partial charge in [-0.3, -0.25) is 4.79 Å². The molecule has 5 rings (SSSR count). The van der Waals surface area contributed by atoms with E-state index in [9.17, 15) is 9.90 Å². The standard InChI is InChI=1S/C27H44N4O2/c1-16(4-11-25(33)29-18-6-7-18)21-9-10-22-20-8-5-17-14-19(30-31-28)12-13-26(17,2)23(20)15-24(32)27(21,22)3/h16-24,32H,4-15H2,1-3H3,(H,29,33)/t16-,17-,19+,20+,21-,22+,23+,24+,26+,27-/m1/s1. The first-order chi connectivity index (χ1) is 15.8. The highest BCUT2D eigenvalue weighted by atomic mass is 16.3. The summed E-state index contributed by atoms with van der Waals surface area (Å²) in [6, 6.07) is 0.605. The minimum Gasteiger partial charge on any atom is -0.393 e. The molecule has 0 radical (unpaired) electrons. The van der Waals surface area contributed by atoms with Gasteiger partial charge in [-0.2, -0.15) is 0 Å². The highest BCUT2D eigenvalue weighted by Crippen LogP contribution is 2.68. The number of aliphatic hydroxyl groups excluding tert-OH is 1. The van der Waals surface area contributed by atoms with Crippen LogP contribution in [0.25, 0.3) is 10.4 Å². The molecule has 0 heterocycles. The molecular formula is C27H44N4O2. The summed E-state index contributed by atoms with van der Waals surface area (Å²) in [4.78, 5) is 15.4. The Hall–Kier alpha value is -1.26. The molecule has 0 aromatic carbocycles. The summed E-state index contributed by atoms with van der Waals surface area (Å²) < 4.78 is 0. The van der Waals surface area contributed by atoms with Crippen LogP contribution in [0.15, 0.2) is 5.11 Å². The zero-order valence-corrected chi connectivity index (χ0v) is 20.9. The number of amides is 1. The van der Waals surface area contributed by atoms with Gasteiger partial charge in [0, 0.05) is 23.4 Å². The number of nitrogens with one attached hydrogen (secondary N) is 1. The van der Waals surface area contributed by atoms with Crippen LogP contribution in [0, 0.1) is 46.3 Å². The molecule has 6 heteroatoms. The van der Waals surface area contributed by atoms with Crippen molar-refractivity contribution in [1.29, 1.82) is 0 Å². The van der Waals surface area contributed by atoms with Crippen molar-refractivity contribution in [2.75, 3.05) is 0 Å². The fraction of sp³-hybridized carbons (Fsp3) is 0.963. The number of hydrogen-bond donors (Lipinski definition) is 2. The van der Waals surface area contributed by atoms with Gasteiger partial charge in [0.2, 0.25) is 5.91 Å². The van der Waals surface area contributed by atoms with Gasteiger partial charge >= 0.3 is 0 Å². The van der Waals surface area contributed by atoms with Crippen molar-refractivity contribution in [3.63, 3.8) is 0 Å². The normalized spacial score (nSPS) is 47.5. The van der Waals surface area contributed by atoms with E-state index in [-0.39, 0.29) is 28.9 Å². The SMILES string of the molecule is C[C@H](CCC(=O)NC1CC1)[C@H]1CC[C@H]2[C@@H]3CC[C@@H]4C[C@@H](N=[N+]=[N-])CC[C@]4(C)[C@H]3C[C@H](O)[C@]12C. The molecule has 5 aliphatic rings. The highest BCUT2D eigenvalue weighted by molar-refractivity contribution is 5.76. The summed E-state index contributed by atoms with van der Waals surface area (Å²) in [5.74, 6) is 3.74. The van der Waals surface area contributed by atoms with Crippen LogP contribution in [0.4, 0.5) is 0 Å². The van der Waals surface area contributed by atoms with E-state index in [1.165, 1.54) is 25.7 Å². The van der Waals surface area contributed by atoms with Crippen molar-refractivity contribution in [2.45, 2.75) is 116 Å². The topological polar surface area (TPSA) is 98.1 Å². The summed E-state index contributed by atoms with van der Waals surface area (Å²) in [6.45, 7) is 7.21. The Balaban J connectivity index is 1.28. The number of nitrogens with zero attached hydrogens (tertiary/aromatic N) is 3. The maximum atomic E-state index is 12.3. The lowest BCUT2D eigenvalue weighted by molar-refractivity contribution is -0.169. The Morgan fingerprint density at radius 2 is 1.91 bits per heavy atom. The van der Waals surface area contributed by atoms with E-state index in [1.807, 2.05) is 0 Å². The maximum Gasteiger partial charge on any atom is 0.220 e. The molecule has 0 bridgehead atoms. The highest BCUT2D eigenvalue weighted by Gasteiger charge is 2.63. The molecule has 0 unspecified atom stereocenters. The smallest absolute Gasteiger partial charge is 0.220 e. The number of rotatable bonds is 6. The minimum absolute atomic E-state index is 0.0148. The van der Waals surface area contributed by atoms with Crippen LogP contribution >= 0.6 is 0 Å². The van der Waals surface area contributed by atoms with E-state index in [4.69, 9.17) is 5.53 Å². The van der Waals surface area contributed by atoms with Crippen molar-refractivity contribution in [3.05, 3.63) is 10.4 Å². The van der Waals surface area contributed by atoms with Crippen LogP contribution in [0.3, 0.4) is 0 Å². The summed E-state index contributed by atoms with van der Waals surface area (Å²) in [6.07, 6.45) is 12.7. The second-order valence-electron chi connectivity index (χ2n) is 12.9. The summed E-state index contributed by atoms with van der Waals surface area (Å²) in [5, 5.41) is 18.9. The summed E-state index contributed by atoms with van der Waals surface area (Å²) in [5.41, 5.74) is 9.17. The molecule has 0 aromatic heterocycles. The predicted octanol–water partition coefficient (Wildman–Crippen LogP) is 5.99. The van der Waals surface area contributed by atoms with E-state index < -0.39 is 0 Å². The van der Waals surface area contributed by atoms with Gasteiger partial charge in [-0.1, -0.05) is 25.9 Å². The van der Waals surface area contributed by atoms with Gasteiger partial charge in [0.15, 0.2) is 0 Å². The van der Waals surface area contributed by atoms with Crippen LogP contribution < -0.4 is 5.32 Å². The molecular weight excluding hydrogens is 412 g/mol. The molecule has 0 spiro atoms. The molecule has 5 saturated carbocycles. The van der Waals surface area contributed by atoms with Gasteiger partial charge in [0.05, 0.1) is 6.10 Å². The van der Waals surface area contributed by atoms with E-state index in [0.717, 1.165) is 44.9 Å². The Kier molecular flexibility index (Phi) is 6.23. The van der Waals surface area contributed by atoms with E-state index in [2.05, 4.69) is 36.1 Å². The number of azide groups is 1.